The fourth-order valence-electron chi connectivity index (χ4n) is 3.45. The van der Waals surface area contributed by atoms with Gasteiger partial charge in [0.1, 0.15) is 0 Å². The number of benzene rings is 2. The van der Waals surface area contributed by atoms with E-state index >= 15 is 0 Å². The molecule has 27 heavy (non-hydrogen) atoms. The lowest BCUT2D eigenvalue weighted by atomic mass is 10.0. The summed E-state index contributed by atoms with van der Waals surface area (Å²) < 4.78 is 1.94. The lowest BCUT2D eigenvalue weighted by molar-refractivity contribution is -0.117. The first-order chi connectivity index (χ1) is 13.0. The Kier molecular flexibility index (Phi) is 4.77. The highest BCUT2D eigenvalue weighted by atomic mass is 35.5. The van der Waals surface area contributed by atoms with E-state index in [1.54, 1.807) is 36.4 Å². The number of hydrogen-bond donors (Lipinski definition) is 1. The first-order valence-electron chi connectivity index (χ1n) is 8.59. The summed E-state index contributed by atoms with van der Waals surface area (Å²) in [5.41, 5.74) is 2.70. The zero-order valence-corrected chi connectivity index (χ0v) is 15.8. The molecule has 3 aromatic rings. The molecule has 0 saturated heterocycles. The van der Waals surface area contributed by atoms with E-state index in [0.29, 0.717) is 40.0 Å². The van der Waals surface area contributed by atoms with Gasteiger partial charge >= 0.3 is 0 Å². The Balaban J connectivity index is 1.55. The third kappa shape index (κ3) is 3.38. The minimum atomic E-state index is -0.309. The third-order valence-electron chi connectivity index (χ3n) is 4.79. The van der Waals surface area contributed by atoms with E-state index in [9.17, 15) is 9.59 Å². The van der Waals surface area contributed by atoms with Gasteiger partial charge in [0.25, 0.3) is 0 Å². The number of hydrogen-bond acceptors (Lipinski definition) is 2. The van der Waals surface area contributed by atoms with Gasteiger partial charge in [-0.2, -0.15) is 0 Å². The predicted octanol–water partition coefficient (Wildman–Crippen LogP) is 5.15. The highest BCUT2D eigenvalue weighted by Crippen LogP contribution is 2.33. The van der Waals surface area contributed by atoms with Crippen LogP contribution >= 0.6 is 23.2 Å². The average Bonchev–Trinajstić information content (AvgIpc) is 3.27. The molecule has 0 fully saturated rings. The molecule has 2 aromatic carbocycles. The summed E-state index contributed by atoms with van der Waals surface area (Å²) in [5, 5.41) is 3.71. The first kappa shape index (κ1) is 17.8. The molecular formula is C21H16Cl2N2O2. The Hall–Kier alpha value is -2.56. The summed E-state index contributed by atoms with van der Waals surface area (Å²) in [6.45, 7) is 0.635. The molecule has 1 aliphatic rings. The van der Waals surface area contributed by atoms with Crippen LogP contribution in [0.1, 0.15) is 34.1 Å². The predicted molar refractivity (Wildman–Crippen MR) is 107 cm³/mol. The van der Waals surface area contributed by atoms with Gasteiger partial charge in [0, 0.05) is 23.5 Å². The molecule has 0 bridgehead atoms. The Morgan fingerprint density at radius 3 is 2.48 bits per heavy atom. The molecule has 4 rings (SSSR count). The molecule has 1 N–H and O–H groups in total. The van der Waals surface area contributed by atoms with E-state index in [1.165, 1.54) is 0 Å². The Labute approximate surface area is 166 Å². The molecule has 4 nitrogen and oxygen atoms in total. The maximum absolute atomic E-state index is 12.8. The number of ketones is 1. The van der Waals surface area contributed by atoms with Crippen LogP contribution in [0, 0.1) is 0 Å². The zero-order valence-electron chi connectivity index (χ0n) is 14.3. The molecule has 0 saturated carbocycles. The van der Waals surface area contributed by atoms with Crippen LogP contribution in [0.15, 0.2) is 60.7 Å². The van der Waals surface area contributed by atoms with Crippen LogP contribution in [0.2, 0.25) is 10.0 Å². The molecule has 0 radical (unpaired) electrons. The minimum Gasteiger partial charge on any atom is -0.341 e. The standard InChI is InChI=1S/C21H16Cl2N2O2/c22-16-7-6-14(12-17(16)23)24-21(27)15-10-11-25-18(15)8-9-19(25)20(26)13-4-2-1-3-5-13/h1-9,12,15H,10-11H2,(H,24,27)/t15-/m0/s1. The molecule has 0 unspecified atom stereocenters. The summed E-state index contributed by atoms with van der Waals surface area (Å²) in [6.07, 6.45) is 0.651. The van der Waals surface area contributed by atoms with Crippen molar-refractivity contribution < 1.29 is 9.59 Å². The van der Waals surface area contributed by atoms with Crippen molar-refractivity contribution in [1.82, 2.24) is 4.57 Å². The van der Waals surface area contributed by atoms with Crippen LogP contribution in [0.25, 0.3) is 0 Å². The van der Waals surface area contributed by atoms with Crippen molar-refractivity contribution in [3.8, 4) is 0 Å². The molecule has 1 aromatic heterocycles. The lowest BCUT2D eigenvalue weighted by Gasteiger charge is -2.11. The second-order valence-corrected chi connectivity index (χ2v) is 7.26. The normalized spacial score (nSPS) is 15.4. The van der Waals surface area contributed by atoms with Gasteiger partial charge in [-0.05, 0) is 36.8 Å². The lowest BCUT2D eigenvalue weighted by Crippen LogP contribution is -2.19. The Morgan fingerprint density at radius 1 is 0.963 bits per heavy atom. The van der Waals surface area contributed by atoms with E-state index in [2.05, 4.69) is 5.32 Å². The molecule has 2 heterocycles. The summed E-state index contributed by atoms with van der Waals surface area (Å²) in [5.74, 6) is -0.465. The molecule has 1 aliphatic heterocycles. The highest BCUT2D eigenvalue weighted by Gasteiger charge is 2.32. The van der Waals surface area contributed by atoms with Gasteiger partial charge < -0.3 is 9.88 Å². The fraction of sp³-hybridized carbons (Fsp3) is 0.143. The largest absolute Gasteiger partial charge is 0.341 e. The minimum absolute atomic E-state index is 0.0348. The van der Waals surface area contributed by atoms with Crippen LogP contribution in [0.4, 0.5) is 5.69 Å². The maximum Gasteiger partial charge on any atom is 0.233 e. The molecule has 0 spiro atoms. The van der Waals surface area contributed by atoms with Crippen LogP contribution in [0.3, 0.4) is 0 Å². The Bertz CT molecular complexity index is 1030. The van der Waals surface area contributed by atoms with Crippen molar-refractivity contribution in [2.75, 3.05) is 5.32 Å². The van der Waals surface area contributed by atoms with Crippen molar-refractivity contribution in [2.45, 2.75) is 18.9 Å². The second kappa shape index (κ2) is 7.22. The maximum atomic E-state index is 12.8. The summed E-state index contributed by atoms with van der Waals surface area (Å²) in [4.78, 5) is 25.5. The number of anilines is 1. The quantitative estimate of drug-likeness (QED) is 0.617. The number of amides is 1. The van der Waals surface area contributed by atoms with Gasteiger partial charge in [-0.15, -0.1) is 0 Å². The molecule has 0 aliphatic carbocycles. The molecular weight excluding hydrogens is 383 g/mol. The smallest absolute Gasteiger partial charge is 0.233 e. The van der Waals surface area contributed by atoms with Gasteiger partial charge in [-0.3, -0.25) is 9.59 Å². The van der Waals surface area contributed by atoms with Gasteiger partial charge in [0.05, 0.1) is 21.7 Å². The topological polar surface area (TPSA) is 51.1 Å². The van der Waals surface area contributed by atoms with Crippen LogP contribution in [-0.4, -0.2) is 16.3 Å². The molecule has 1 atom stereocenters. The van der Waals surface area contributed by atoms with Crippen molar-refractivity contribution in [2.24, 2.45) is 0 Å². The number of carbonyl (C=O) groups excluding carboxylic acids is 2. The van der Waals surface area contributed by atoms with Crippen molar-refractivity contribution in [1.29, 1.82) is 0 Å². The first-order valence-corrected chi connectivity index (χ1v) is 9.35. The van der Waals surface area contributed by atoms with E-state index < -0.39 is 0 Å². The number of nitrogens with one attached hydrogen (secondary N) is 1. The van der Waals surface area contributed by atoms with E-state index in [1.807, 2.05) is 28.8 Å². The van der Waals surface area contributed by atoms with E-state index in [4.69, 9.17) is 23.2 Å². The zero-order chi connectivity index (χ0) is 19.0. The number of rotatable bonds is 4. The van der Waals surface area contributed by atoms with Gasteiger partial charge in [-0.1, -0.05) is 53.5 Å². The SMILES string of the molecule is O=C(c1ccccc1)c1ccc2n1CC[C@@H]2C(=O)Nc1ccc(Cl)c(Cl)c1. The second-order valence-electron chi connectivity index (χ2n) is 6.45. The number of aromatic nitrogens is 1. The van der Waals surface area contributed by atoms with E-state index in [-0.39, 0.29) is 17.6 Å². The Morgan fingerprint density at radius 2 is 1.74 bits per heavy atom. The fourth-order valence-corrected chi connectivity index (χ4v) is 3.75. The number of fused-ring (bicyclic) bond motifs is 1. The van der Waals surface area contributed by atoms with Crippen molar-refractivity contribution in [3.05, 3.63) is 87.7 Å². The monoisotopic (exact) mass is 398 g/mol. The van der Waals surface area contributed by atoms with Crippen molar-refractivity contribution in [3.63, 3.8) is 0 Å². The van der Waals surface area contributed by atoms with Crippen LogP contribution in [0.5, 0.6) is 0 Å². The molecule has 136 valence electrons. The number of nitrogens with zero attached hydrogens (tertiary/aromatic N) is 1. The van der Waals surface area contributed by atoms with Crippen LogP contribution in [-0.2, 0) is 11.3 Å². The van der Waals surface area contributed by atoms with Gasteiger partial charge in [-0.25, -0.2) is 0 Å². The summed E-state index contributed by atoms with van der Waals surface area (Å²) in [7, 11) is 0. The van der Waals surface area contributed by atoms with Gasteiger partial charge in [0.2, 0.25) is 11.7 Å². The number of halogens is 2. The summed E-state index contributed by atoms with van der Waals surface area (Å²) >= 11 is 11.9. The molecule has 1 amide bonds. The van der Waals surface area contributed by atoms with Crippen LogP contribution < -0.4 is 5.32 Å². The third-order valence-corrected chi connectivity index (χ3v) is 5.52. The number of carbonyl (C=O) groups is 2. The summed E-state index contributed by atoms with van der Waals surface area (Å²) in [6, 6.07) is 17.8. The van der Waals surface area contributed by atoms with Gasteiger partial charge in [0.15, 0.2) is 0 Å². The highest BCUT2D eigenvalue weighted by molar-refractivity contribution is 6.42. The van der Waals surface area contributed by atoms with Crippen molar-refractivity contribution >= 4 is 40.6 Å². The average molecular weight is 399 g/mol. The molecule has 6 heteroatoms. The van der Waals surface area contributed by atoms with E-state index in [0.717, 1.165) is 5.69 Å².